The van der Waals surface area contributed by atoms with Crippen molar-refractivity contribution in [3.05, 3.63) is 64.7 Å². The van der Waals surface area contributed by atoms with Crippen molar-refractivity contribution in [3.63, 3.8) is 0 Å². The Bertz CT molecular complexity index is 583. The van der Waals surface area contributed by atoms with Crippen molar-refractivity contribution in [3.8, 4) is 5.75 Å². The molecule has 0 saturated carbocycles. The van der Waals surface area contributed by atoms with Crippen LogP contribution in [-0.4, -0.2) is 6.10 Å². The van der Waals surface area contributed by atoms with Crippen LogP contribution in [0, 0.1) is 12.8 Å². The molecule has 21 heavy (non-hydrogen) atoms. The van der Waals surface area contributed by atoms with E-state index in [1.54, 1.807) is 0 Å². The van der Waals surface area contributed by atoms with Gasteiger partial charge in [-0.1, -0.05) is 61.8 Å². The van der Waals surface area contributed by atoms with Crippen molar-refractivity contribution < 1.29 is 4.74 Å². The highest BCUT2D eigenvalue weighted by atomic mass is 35.5. The van der Waals surface area contributed by atoms with E-state index in [4.69, 9.17) is 22.1 Å². The molecule has 2 rings (SSSR count). The van der Waals surface area contributed by atoms with E-state index >= 15 is 0 Å². The van der Waals surface area contributed by atoms with Crippen LogP contribution in [0.3, 0.4) is 0 Å². The second kappa shape index (κ2) is 6.97. The molecule has 0 fully saturated rings. The molecular formula is C18H22ClNO. The van der Waals surface area contributed by atoms with Crippen LogP contribution in [0.1, 0.15) is 31.0 Å². The van der Waals surface area contributed by atoms with Gasteiger partial charge in [0.2, 0.25) is 0 Å². The fraction of sp³-hybridized carbons (Fsp3) is 0.333. The summed E-state index contributed by atoms with van der Waals surface area (Å²) in [5.41, 5.74) is 8.58. The van der Waals surface area contributed by atoms with Crippen molar-refractivity contribution in [1.29, 1.82) is 0 Å². The van der Waals surface area contributed by atoms with Gasteiger partial charge < -0.3 is 10.5 Å². The Balaban J connectivity index is 2.23. The summed E-state index contributed by atoms with van der Waals surface area (Å²) in [4.78, 5) is 0. The Kier molecular flexibility index (Phi) is 5.27. The summed E-state index contributed by atoms with van der Waals surface area (Å²) in [7, 11) is 0. The van der Waals surface area contributed by atoms with Gasteiger partial charge in [-0.3, -0.25) is 0 Å². The lowest BCUT2D eigenvalue weighted by atomic mass is 9.94. The number of hydrogen-bond acceptors (Lipinski definition) is 2. The van der Waals surface area contributed by atoms with Gasteiger partial charge in [0, 0.05) is 0 Å². The molecule has 0 aliphatic rings. The van der Waals surface area contributed by atoms with E-state index in [-0.39, 0.29) is 18.1 Å². The quantitative estimate of drug-likeness (QED) is 0.865. The molecule has 0 amide bonds. The highest BCUT2D eigenvalue weighted by molar-refractivity contribution is 6.32. The Hall–Kier alpha value is -1.51. The average Bonchev–Trinajstić information content (AvgIpc) is 2.46. The van der Waals surface area contributed by atoms with Gasteiger partial charge in [0.25, 0.3) is 0 Å². The van der Waals surface area contributed by atoms with E-state index in [0.717, 1.165) is 11.1 Å². The molecule has 0 saturated heterocycles. The van der Waals surface area contributed by atoms with Crippen molar-refractivity contribution in [2.45, 2.75) is 32.9 Å². The number of rotatable bonds is 5. The molecule has 2 atom stereocenters. The molecule has 0 aliphatic heterocycles. The minimum atomic E-state index is -0.191. The SMILES string of the molecule is Cc1ccc(OC(C(C)C)C(N)c2ccccc2)c(Cl)c1. The summed E-state index contributed by atoms with van der Waals surface area (Å²) in [6.45, 7) is 6.22. The molecule has 2 N–H and O–H groups in total. The maximum atomic E-state index is 6.40. The third-order valence-corrected chi connectivity index (χ3v) is 3.84. The lowest BCUT2D eigenvalue weighted by Gasteiger charge is -2.29. The van der Waals surface area contributed by atoms with Gasteiger partial charge in [0.15, 0.2) is 0 Å². The minimum Gasteiger partial charge on any atom is -0.487 e. The van der Waals surface area contributed by atoms with Crippen molar-refractivity contribution in [2.75, 3.05) is 0 Å². The Morgan fingerprint density at radius 3 is 2.29 bits per heavy atom. The molecular weight excluding hydrogens is 282 g/mol. The van der Waals surface area contributed by atoms with E-state index in [0.29, 0.717) is 10.8 Å². The minimum absolute atomic E-state index is 0.132. The molecule has 2 aromatic rings. The van der Waals surface area contributed by atoms with Gasteiger partial charge in [0.05, 0.1) is 11.1 Å². The van der Waals surface area contributed by atoms with Crippen LogP contribution in [0.5, 0.6) is 5.75 Å². The van der Waals surface area contributed by atoms with Gasteiger partial charge in [-0.05, 0) is 36.1 Å². The first-order valence-corrected chi connectivity index (χ1v) is 7.60. The van der Waals surface area contributed by atoms with E-state index in [2.05, 4.69) is 13.8 Å². The summed E-state index contributed by atoms with van der Waals surface area (Å²) >= 11 is 6.26. The second-order valence-electron chi connectivity index (χ2n) is 5.70. The Morgan fingerprint density at radius 1 is 1.05 bits per heavy atom. The first-order chi connectivity index (χ1) is 9.99. The molecule has 0 spiro atoms. The van der Waals surface area contributed by atoms with Crippen LogP contribution in [0.15, 0.2) is 48.5 Å². The maximum absolute atomic E-state index is 6.40. The molecule has 0 aliphatic carbocycles. The Morgan fingerprint density at radius 2 is 1.71 bits per heavy atom. The van der Waals surface area contributed by atoms with Crippen LogP contribution < -0.4 is 10.5 Å². The highest BCUT2D eigenvalue weighted by Gasteiger charge is 2.25. The van der Waals surface area contributed by atoms with Crippen LogP contribution in [0.25, 0.3) is 0 Å². The standard InChI is InChI=1S/C18H22ClNO/c1-12(2)18(17(20)14-7-5-4-6-8-14)21-16-10-9-13(3)11-15(16)19/h4-12,17-18H,20H2,1-3H3. The van der Waals surface area contributed by atoms with Crippen LogP contribution in [0.4, 0.5) is 0 Å². The predicted octanol–water partition coefficient (Wildman–Crippen LogP) is 4.75. The van der Waals surface area contributed by atoms with E-state index in [1.165, 1.54) is 0 Å². The van der Waals surface area contributed by atoms with Gasteiger partial charge in [-0.15, -0.1) is 0 Å². The van der Waals surface area contributed by atoms with Crippen molar-refractivity contribution in [2.24, 2.45) is 11.7 Å². The van der Waals surface area contributed by atoms with Gasteiger partial charge in [-0.2, -0.15) is 0 Å². The number of ether oxygens (including phenoxy) is 1. The smallest absolute Gasteiger partial charge is 0.138 e. The molecule has 0 bridgehead atoms. The monoisotopic (exact) mass is 303 g/mol. The van der Waals surface area contributed by atoms with Crippen LogP contribution in [-0.2, 0) is 0 Å². The highest BCUT2D eigenvalue weighted by Crippen LogP contribution is 2.30. The molecule has 3 heteroatoms. The van der Waals surface area contributed by atoms with Crippen molar-refractivity contribution >= 4 is 11.6 Å². The van der Waals surface area contributed by atoms with Crippen molar-refractivity contribution in [1.82, 2.24) is 0 Å². The number of aryl methyl sites for hydroxylation is 1. The Labute approximate surface area is 131 Å². The maximum Gasteiger partial charge on any atom is 0.138 e. The first-order valence-electron chi connectivity index (χ1n) is 7.22. The fourth-order valence-electron chi connectivity index (χ4n) is 2.34. The van der Waals surface area contributed by atoms with E-state index < -0.39 is 0 Å². The summed E-state index contributed by atoms with van der Waals surface area (Å²) in [6.07, 6.45) is -0.132. The van der Waals surface area contributed by atoms with Crippen LogP contribution in [0.2, 0.25) is 5.02 Å². The normalized spacial score (nSPS) is 14.0. The third kappa shape index (κ3) is 3.99. The number of nitrogens with two attached hydrogens (primary N) is 1. The van der Waals surface area contributed by atoms with Gasteiger partial charge >= 0.3 is 0 Å². The zero-order valence-corrected chi connectivity index (χ0v) is 13.5. The summed E-state index contributed by atoms with van der Waals surface area (Å²) in [5.74, 6) is 0.963. The lowest BCUT2D eigenvalue weighted by Crippen LogP contribution is -2.35. The molecule has 112 valence electrons. The molecule has 0 aromatic heterocycles. The van der Waals surface area contributed by atoms with E-state index in [1.807, 2.05) is 55.5 Å². The molecule has 2 nitrogen and oxygen atoms in total. The first kappa shape index (κ1) is 15.9. The van der Waals surface area contributed by atoms with Gasteiger partial charge in [-0.25, -0.2) is 0 Å². The topological polar surface area (TPSA) is 35.2 Å². The summed E-state index contributed by atoms with van der Waals surface area (Å²) < 4.78 is 6.12. The fourth-order valence-corrected chi connectivity index (χ4v) is 2.62. The van der Waals surface area contributed by atoms with Crippen LogP contribution >= 0.6 is 11.6 Å². The third-order valence-electron chi connectivity index (χ3n) is 3.55. The van der Waals surface area contributed by atoms with Gasteiger partial charge in [0.1, 0.15) is 11.9 Å². The molecule has 2 aromatic carbocycles. The summed E-state index contributed by atoms with van der Waals surface area (Å²) in [6, 6.07) is 15.6. The number of halogens is 1. The molecule has 0 radical (unpaired) electrons. The predicted molar refractivity (Wildman–Crippen MR) is 88.8 cm³/mol. The molecule has 0 heterocycles. The number of hydrogen-bond donors (Lipinski definition) is 1. The zero-order chi connectivity index (χ0) is 15.4. The zero-order valence-electron chi connectivity index (χ0n) is 12.7. The summed E-state index contributed by atoms with van der Waals surface area (Å²) in [5, 5.41) is 0.626. The number of benzene rings is 2. The molecule has 2 unspecified atom stereocenters. The van der Waals surface area contributed by atoms with E-state index in [9.17, 15) is 0 Å². The largest absolute Gasteiger partial charge is 0.487 e. The lowest BCUT2D eigenvalue weighted by molar-refractivity contribution is 0.123. The average molecular weight is 304 g/mol. The second-order valence-corrected chi connectivity index (χ2v) is 6.10.